The highest BCUT2D eigenvalue weighted by atomic mass is 32.2. The monoisotopic (exact) mass is 341 g/mol. The number of H-pyrrole nitrogens is 1. The maximum atomic E-state index is 12.5. The molecular formula is C17H15N3O3S. The predicted octanol–water partition coefficient (Wildman–Crippen LogP) is 3.08. The number of carbonyl (C=O) groups is 1. The Kier molecular flexibility index (Phi) is 4.18. The number of Topliss-reactive ketones (excluding diaryl/α,β-unsaturated/α-hetero) is 1. The first-order chi connectivity index (χ1) is 11.5. The molecule has 0 aliphatic rings. The van der Waals surface area contributed by atoms with Crippen LogP contribution < -0.4 is 4.72 Å². The second-order valence-corrected chi connectivity index (χ2v) is 6.92. The van der Waals surface area contributed by atoms with Crippen molar-refractivity contribution in [3.8, 4) is 11.3 Å². The van der Waals surface area contributed by atoms with Gasteiger partial charge in [0.2, 0.25) is 0 Å². The number of nitrogens with zero attached hydrogens (tertiary/aromatic N) is 1. The van der Waals surface area contributed by atoms with Gasteiger partial charge >= 0.3 is 0 Å². The third-order valence-electron chi connectivity index (χ3n) is 3.50. The van der Waals surface area contributed by atoms with Crippen LogP contribution in [0.2, 0.25) is 0 Å². The number of hydrogen-bond acceptors (Lipinski definition) is 4. The van der Waals surface area contributed by atoms with Gasteiger partial charge in [-0.2, -0.15) is 5.10 Å². The summed E-state index contributed by atoms with van der Waals surface area (Å²) >= 11 is 0. The van der Waals surface area contributed by atoms with Gasteiger partial charge in [0.05, 0.1) is 10.6 Å². The summed E-state index contributed by atoms with van der Waals surface area (Å²) in [5, 5.41) is 6.71. The molecule has 0 aliphatic heterocycles. The molecule has 1 aromatic heterocycles. The number of nitrogens with one attached hydrogen (secondary N) is 2. The van der Waals surface area contributed by atoms with Gasteiger partial charge in [0, 0.05) is 23.0 Å². The fourth-order valence-electron chi connectivity index (χ4n) is 2.25. The van der Waals surface area contributed by atoms with Crippen molar-refractivity contribution >= 4 is 21.5 Å². The average molecular weight is 341 g/mol. The zero-order valence-corrected chi connectivity index (χ0v) is 13.7. The van der Waals surface area contributed by atoms with Crippen molar-refractivity contribution in [2.75, 3.05) is 4.72 Å². The van der Waals surface area contributed by atoms with E-state index in [0.29, 0.717) is 11.3 Å². The minimum absolute atomic E-state index is 0.0967. The van der Waals surface area contributed by atoms with E-state index in [2.05, 4.69) is 14.9 Å². The van der Waals surface area contributed by atoms with Gasteiger partial charge in [-0.1, -0.05) is 24.3 Å². The molecule has 0 saturated carbocycles. The average Bonchev–Trinajstić information content (AvgIpc) is 3.09. The SMILES string of the molecule is CC(=O)c1ccc(S(=O)(=O)Nc2cccc(-c3ccn[nH]3)c2)cc1. The summed E-state index contributed by atoms with van der Waals surface area (Å²) in [6.45, 7) is 1.43. The standard InChI is InChI=1S/C17H15N3O3S/c1-12(21)13-5-7-16(8-6-13)24(22,23)20-15-4-2-3-14(11-15)17-9-10-18-19-17/h2-11,20H,1H3,(H,18,19). The molecule has 0 bridgehead atoms. The molecule has 0 atom stereocenters. The minimum atomic E-state index is -3.73. The lowest BCUT2D eigenvalue weighted by Crippen LogP contribution is -2.13. The topological polar surface area (TPSA) is 91.9 Å². The van der Waals surface area contributed by atoms with Gasteiger partial charge in [-0.3, -0.25) is 14.6 Å². The van der Waals surface area contributed by atoms with E-state index in [1.807, 2.05) is 6.07 Å². The van der Waals surface area contributed by atoms with Crippen LogP contribution >= 0.6 is 0 Å². The van der Waals surface area contributed by atoms with Gasteiger partial charge in [0.25, 0.3) is 10.0 Å². The number of hydrogen-bond donors (Lipinski definition) is 2. The number of benzene rings is 2. The highest BCUT2D eigenvalue weighted by Crippen LogP contribution is 2.22. The van der Waals surface area contributed by atoms with Crippen molar-refractivity contribution in [1.29, 1.82) is 0 Å². The summed E-state index contributed by atoms with van der Waals surface area (Å²) in [4.78, 5) is 11.4. The molecule has 0 fully saturated rings. The number of aromatic nitrogens is 2. The molecule has 0 saturated heterocycles. The van der Waals surface area contributed by atoms with Crippen molar-refractivity contribution < 1.29 is 13.2 Å². The molecule has 0 aliphatic carbocycles. The van der Waals surface area contributed by atoms with Crippen LogP contribution in [0.5, 0.6) is 0 Å². The van der Waals surface area contributed by atoms with E-state index in [1.54, 1.807) is 30.5 Å². The number of carbonyl (C=O) groups excluding carboxylic acids is 1. The molecule has 24 heavy (non-hydrogen) atoms. The van der Waals surface area contributed by atoms with Gasteiger partial charge < -0.3 is 0 Å². The van der Waals surface area contributed by atoms with Crippen molar-refractivity contribution in [3.63, 3.8) is 0 Å². The fourth-order valence-corrected chi connectivity index (χ4v) is 3.30. The Morgan fingerprint density at radius 1 is 1.08 bits per heavy atom. The van der Waals surface area contributed by atoms with Crippen molar-refractivity contribution in [2.45, 2.75) is 11.8 Å². The van der Waals surface area contributed by atoms with E-state index >= 15 is 0 Å². The molecule has 122 valence electrons. The first-order valence-electron chi connectivity index (χ1n) is 7.19. The normalized spacial score (nSPS) is 11.2. The Morgan fingerprint density at radius 2 is 1.83 bits per heavy atom. The van der Waals surface area contributed by atoms with E-state index in [4.69, 9.17) is 0 Å². The van der Waals surface area contributed by atoms with Crippen LogP contribution in [-0.4, -0.2) is 24.4 Å². The fraction of sp³-hybridized carbons (Fsp3) is 0.0588. The number of rotatable bonds is 5. The van der Waals surface area contributed by atoms with Gasteiger partial charge in [0.1, 0.15) is 0 Å². The van der Waals surface area contributed by atoms with E-state index in [0.717, 1.165) is 11.3 Å². The lowest BCUT2D eigenvalue weighted by molar-refractivity contribution is 0.101. The molecule has 2 N–H and O–H groups in total. The summed E-state index contributed by atoms with van der Waals surface area (Å²) in [5.41, 5.74) is 2.52. The first kappa shape index (κ1) is 15.9. The Labute approximate surface area is 139 Å². The second-order valence-electron chi connectivity index (χ2n) is 5.24. The van der Waals surface area contributed by atoms with Crippen LogP contribution in [0, 0.1) is 0 Å². The number of aromatic amines is 1. The molecule has 1 heterocycles. The minimum Gasteiger partial charge on any atom is -0.295 e. The highest BCUT2D eigenvalue weighted by molar-refractivity contribution is 7.92. The van der Waals surface area contributed by atoms with Gasteiger partial charge in [-0.15, -0.1) is 0 Å². The van der Waals surface area contributed by atoms with Crippen LogP contribution in [0.1, 0.15) is 17.3 Å². The lowest BCUT2D eigenvalue weighted by Gasteiger charge is -2.09. The lowest BCUT2D eigenvalue weighted by atomic mass is 10.1. The summed E-state index contributed by atoms with van der Waals surface area (Å²) in [6.07, 6.45) is 1.63. The zero-order valence-electron chi connectivity index (χ0n) is 12.9. The molecule has 2 aromatic carbocycles. The summed E-state index contributed by atoms with van der Waals surface area (Å²) < 4.78 is 27.5. The van der Waals surface area contributed by atoms with Crippen molar-refractivity contribution in [3.05, 3.63) is 66.4 Å². The molecule has 0 radical (unpaired) electrons. The Bertz CT molecular complexity index is 963. The molecular weight excluding hydrogens is 326 g/mol. The van der Waals surface area contributed by atoms with E-state index in [9.17, 15) is 13.2 Å². The Morgan fingerprint density at radius 3 is 2.46 bits per heavy atom. The molecule has 0 spiro atoms. The predicted molar refractivity (Wildman–Crippen MR) is 91.3 cm³/mol. The maximum absolute atomic E-state index is 12.5. The largest absolute Gasteiger partial charge is 0.295 e. The number of ketones is 1. The van der Waals surface area contributed by atoms with Gasteiger partial charge in [0.15, 0.2) is 5.78 Å². The molecule has 3 aromatic rings. The Hall–Kier alpha value is -2.93. The van der Waals surface area contributed by atoms with Crippen molar-refractivity contribution in [2.24, 2.45) is 0 Å². The van der Waals surface area contributed by atoms with Crippen LogP contribution in [0.3, 0.4) is 0 Å². The summed E-state index contributed by atoms with van der Waals surface area (Å²) in [6, 6.07) is 14.6. The first-order valence-corrected chi connectivity index (χ1v) is 8.68. The van der Waals surface area contributed by atoms with E-state index in [-0.39, 0.29) is 10.7 Å². The summed E-state index contributed by atoms with van der Waals surface area (Å²) in [7, 11) is -3.73. The van der Waals surface area contributed by atoms with Gasteiger partial charge in [-0.25, -0.2) is 8.42 Å². The smallest absolute Gasteiger partial charge is 0.261 e. The van der Waals surface area contributed by atoms with Crippen LogP contribution in [0.25, 0.3) is 11.3 Å². The van der Waals surface area contributed by atoms with Crippen molar-refractivity contribution in [1.82, 2.24) is 10.2 Å². The van der Waals surface area contributed by atoms with Crippen LogP contribution in [0.4, 0.5) is 5.69 Å². The number of anilines is 1. The quantitative estimate of drug-likeness (QED) is 0.698. The molecule has 3 rings (SSSR count). The number of sulfonamides is 1. The van der Waals surface area contributed by atoms with E-state index < -0.39 is 10.0 Å². The van der Waals surface area contributed by atoms with E-state index in [1.165, 1.54) is 31.2 Å². The Balaban J connectivity index is 1.87. The second kappa shape index (κ2) is 6.29. The molecule has 6 nitrogen and oxygen atoms in total. The summed E-state index contributed by atoms with van der Waals surface area (Å²) in [5.74, 6) is -0.112. The van der Waals surface area contributed by atoms with Gasteiger partial charge in [-0.05, 0) is 37.3 Å². The molecule has 0 amide bonds. The molecule has 7 heteroatoms. The third-order valence-corrected chi connectivity index (χ3v) is 4.89. The van der Waals surface area contributed by atoms with Crippen LogP contribution in [-0.2, 0) is 10.0 Å². The maximum Gasteiger partial charge on any atom is 0.261 e. The highest BCUT2D eigenvalue weighted by Gasteiger charge is 2.15. The zero-order chi connectivity index (χ0) is 17.2. The van der Waals surface area contributed by atoms with Crippen LogP contribution in [0.15, 0.2) is 65.7 Å². The third kappa shape index (κ3) is 3.36. The molecule has 0 unspecified atom stereocenters.